The minimum absolute atomic E-state index is 0.0399. The van der Waals surface area contributed by atoms with Crippen molar-refractivity contribution in [3.05, 3.63) is 83.4 Å². The van der Waals surface area contributed by atoms with Crippen LogP contribution in [0.3, 0.4) is 0 Å². The zero-order chi connectivity index (χ0) is 26.0. The van der Waals surface area contributed by atoms with Crippen LogP contribution in [-0.2, 0) is 21.5 Å². The fraction of sp³-hybridized carbons (Fsp3) is 0.259. The van der Waals surface area contributed by atoms with Gasteiger partial charge in [0.2, 0.25) is 0 Å². The lowest BCUT2D eigenvalue weighted by Crippen LogP contribution is -2.36. The molecular formula is C27H26F3NO4. The maximum absolute atomic E-state index is 12.7. The van der Waals surface area contributed by atoms with E-state index in [1.807, 2.05) is 24.3 Å². The lowest BCUT2D eigenvalue weighted by molar-refractivity contribution is -0.274. The molecule has 3 rings (SSSR count). The summed E-state index contributed by atoms with van der Waals surface area (Å²) in [6.45, 7) is 8.04. The van der Waals surface area contributed by atoms with Crippen LogP contribution in [0.2, 0.25) is 0 Å². The van der Waals surface area contributed by atoms with Crippen molar-refractivity contribution in [3.63, 3.8) is 0 Å². The number of carboxylic acid groups (broad SMARTS) is 1. The monoisotopic (exact) mass is 485 g/mol. The largest absolute Gasteiger partial charge is 0.573 e. The molecular weight excluding hydrogens is 459 g/mol. The molecule has 0 bridgehead atoms. The number of hydrogen-bond donors (Lipinski definition) is 1. The quantitative estimate of drug-likeness (QED) is 0.420. The van der Waals surface area contributed by atoms with Crippen LogP contribution in [0.15, 0.2) is 66.7 Å². The van der Waals surface area contributed by atoms with Crippen molar-refractivity contribution in [3.8, 4) is 16.9 Å². The van der Waals surface area contributed by atoms with Crippen molar-refractivity contribution in [2.75, 3.05) is 4.90 Å². The molecule has 184 valence electrons. The summed E-state index contributed by atoms with van der Waals surface area (Å²) in [5.74, 6) is -3.02. The summed E-state index contributed by atoms with van der Waals surface area (Å²) >= 11 is 0. The zero-order valence-corrected chi connectivity index (χ0v) is 19.8. The molecule has 5 nitrogen and oxygen atoms in total. The van der Waals surface area contributed by atoms with Crippen molar-refractivity contribution in [2.24, 2.45) is 0 Å². The van der Waals surface area contributed by atoms with Gasteiger partial charge in [-0.3, -0.25) is 9.69 Å². The molecule has 0 fully saturated rings. The fourth-order valence-electron chi connectivity index (χ4n) is 3.60. The highest BCUT2D eigenvalue weighted by Crippen LogP contribution is 2.32. The number of rotatable bonds is 5. The minimum atomic E-state index is -4.79. The molecule has 0 aliphatic rings. The summed E-state index contributed by atoms with van der Waals surface area (Å²) in [6, 6.07) is 18.1. The number of nitrogens with zero attached hydrogens (tertiary/aromatic N) is 1. The number of ether oxygens (including phenoxy) is 1. The highest BCUT2D eigenvalue weighted by atomic mass is 19.4. The highest BCUT2D eigenvalue weighted by molar-refractivity contribution is 6.37. The average Bonchev–Trinajstić information content (AvgIpc) is 2.77. The van der Waals surface area contributed by atoms with Crippen molar-refractivity contribution < 1.29 is 32.6 Å². The van der Waals surface area contributed by atoms with Gasteiger partial charge in [-0.25, -0.2) is 4.79 Å². The van der Waals surface area contributed by atoms with Gasteiger partial charge in [-0.1, -0.05) is 69.3 Å². The van der Waals surface area contributed by atoms with Gasteiger partial charge in [-0.05, 0) is 58.4 Å². The number of anilines is 1. The molecule has 0 radical (unpaired) electrons. The molecule has 0 aromatic heterocycles. The van der Waals surface area contributed by atoms with Gasteiger partial charge in [0.05, 0.1) is 6.54 Å². The molecule has 1 amide bonds. The molecule has 0 aliphatic carbocycles. The predicted molar refractivity (Wildman–Crippen MR) is 127 cm³/mol. The highest BCUT2D eigenvalue weighted by Gasteiger charge is 2.31. The Labute approximate surface area is 201 Å². The number of hydrogen-bond acceptors (Lipinski definition) is 3. The predicted octanol–water partition coefficient (Wildman–Crippen LogP) is 6.48. The van der Waals surface area contributed by atoms with Crippen LogP contribution < -0.4 is 9.64 Å². The summed E-state index contributed by atoms with van der Waals surface area (Å²) < 4.78 is 41.2. The Morgan fingerprint density at radius 3 is 1.97 bits per heavy atom. The van der Waals surface area contributed by atoms with Crippen molar-refractivity contribution >= 4 is 17.6 Å². The average molecular weight is 486 g/mol. The fourth-order valence-corrected chi connectivity index (χ4v) is 3.60. The second kappa shape index (κ2) is 9.82. The maximum atomic E-state index is 12.7. The smallest absolute Gasteiger partial charge is 0.474 e. The Balaban J connectivity index is 1.96. The van der Waals surface area contributed by atoms with Crippen molar-refractivity contribution in [1.29, 1.82) is 0 Å². The van der Waals surface area contributed by atoms with E-state index in [1.54, 1.807) is 25.1 Å². The topological polar surface area (TPSA) is 66.8 Å². The van der Waals surface area contributed by atoms with Crippen LogP contribution in [0.25, 0.3) is 11.1 Å². The summed E-state index contributed by atoms with van der Waals surface area (Å²) in [7, 11) is 0. The number of carbonyl (C=O) groups is 2. The van der Waals surface area contributed by atoms with Gasteiger partial charge in [0.1, 0.15) is 5.75 Å². The standard InChI is InChI=1S/C27H26F3NO4/c1-17-5-8-20(19-9-13-22(14-10-19)35-27(28,29)30)15-23(17)31(24(32)25(33)34)16-18-6-11-21(12-7-18)26(2,3)4/h5-15H,16H2,1-4H3,(H,33,34). The first-order valence-electron chi connectivity index (χ1n) is 10.9. The number of aryl methyl sites for hydroxylation is 1. The number of benzene rings is 3. The number of carboxylic acids is 1. The molecule has 1 N–H and O–H groups in total. The van der Waals surface area contributed by atoms with Gasteiger partial charge in [-0.2, -0.15) is 0 Å². The van der Waals surface area contributed by atoms with Crippen LogP contribution in [-0.4, -0.2) is 23.3 Å². The molecule has 0 heterocycles. The van der Waals surface area contributed by atoms with Gasteiger partial charge >= 0.3 is 18.2 Å². The number of alkyl halides is 3. The third-order valence-corrected chi connectivity index (χ3v) is 5.51. The Bertz CT molecular complexity index is 1210. The van der Waals surface area contributed by atoms with E-state index in [4.69, 9.17) is 0 Å². The van der Waals surface area contributed by atoms with E-state index >= 15 is 0 Å². The molecule has 3 aromatic rings. The van der Waals surface area contributed by atoms with E-state index < -0.39 is 18.2 Å². The molecule has 0 aliphatic heterocycles. The van der Waals surface area contributed by atoms with E-state index in [2.05, 4.69) is 25.5 Å². The maximum Gasteiger partial charge on any atom is 0.573 e. The molecule has 3 aromatic carbocycles. The van der Waals surface area contributed by atoms with Crippen molar-refractivity contribution in [2.45, 2.75) is 46.0 Å². The van der Waals surface area contributed by atoms with Crippen LogP contribution in [0, 0.1) is 6.92 Å². The molecule has 8 heteroatoms. The number of aliphatic carboxylic acids is 1. The van der Waals surface area contributed by atoms with E-state index in [9.17, 15) is 27.9 Å². The summed E-state index contributed by atoms with van der Waals surface area (Å²) in [5, 5.41) is 9.45. The molecule has 0 saturated carbocycles. The van der Waals surface area contributed by atoms with E-state index in [-0.39, 0.29) is 17.7 Å². The second-order valence-electron chi connectivity index (χ2n) is 9.22. The Morgan fingerprint density at radius 1 is 0.886 bits per heavy atom. The van der Waals surface area contributed by atoms with Gasteiger partial charge in [0.15, 0.2) is 0 Å². The van der Waals surface area contributed by atoms with E-state index in [1.165, 1.54) is 29.2 Å². The van der Waals surface area contributed by atoms with Gasteiger partial charge in [0, 0.05) is 5.69 Å². The summed E-state index contributed by atoms with van der Waals surface area (Å²) in [5.41, 5.74) is 4.06. The Morgan fingerprint density at radius 2 is 1.46 bits per heavy atom. The molecule has 35 heavy (non-hydrogen) atoms. The Hall–Kier alpha value is -3.81. The number of amides is 1. The van der Waals surface area contributed by atoms with Crippen LogP contribution in [0.5, 0.6) is 5.75 Å². The normalized spacial score (nSPS) is 11.7. The third-order valence-electron chi connectivity index (χ3n) is 5.51. The van der Waals surface area contributed by atoms with Crippen LogP contribution in [0.1, 0.15) is 37.5 Å². The molecule has 0 saturated heterocycles. The second-order valence-corrected chi connectivity index (χ2v) is 9.22. The van der Waals surface area contributed by atoms with Crippen molar-refractivity contribution in [1.82, 2.24) is 0 Å². The first kappa shape index (κ1) is 25.8. The zero-order valence-electron chi connectivity index (χ0n) is 19.8. The van der Waals surface area contributed by atoms with Gasteiger partial charge in [-0.15, -0.1) is 13.2 Å². The molecule has 0 unspecified atom stereocenters. The van der Waals surface area contributed by atoms with Gasteiger partial charge in [0.25, 0.3) is 0 Å². The minimum Gasteiger partial charge on any atom is -0.474 e. The van der Waals surface area contributed by atoms with Crippen LogP contribution >= 0.6 is 0 Å². The first-order chi connectivity index (χ1) is 16.2. The van der Waals surface area contributed by atoms with Gasteiger partial charge < -0.3 is 9.84 Å². The molecule has 0 atom stereocenters. The summed E-state index contributed by atoms with van der Waals surface area (Å²) in [6.07, 6.45) is -4.79. The number of halogens is 3. The molecule has 0 spiro atoms. The lowest BCUT2D eigenvalue weighted by Gasteiger charge is -2.25. The third kappa shape index (κ3) is 6.62. The number of carbonyl (C=O) groups excluding carboxylic acids is 1. The van der Waals surface area contributed by atoms with Crippen LogP contribution in [0.4, 0.5) is 18.9 Å². The lowest BCUT2D eigenvalue weighted by atomic mass is 9.87. The SMILES string of the molecule is Cc1ccc(-c2ccc(OC(F)(F)F)cc2)cc1N(Cc1ccc(C(C)(C)C)cc1)C(=O)C(=O)O. The Kier molecular flexibility index (Phi) is 7.24. The van der Waals surface area contributed by atoms with E-state index in [0.29, 0.717) is 22.4 Å². The first-order valence-corrected chi connectivity index (χ1v) is 10.9. The van der Waals surface area contributed by atoms with E-state index in [0.717, 1.165) is 11.1 Å². The summed E-state index contributed by atoms with van der Waals surface area (Å²) in [4.78, 5) is 25.5.